The van der Waals surface area contributed by atoms with Crippen LogP contribution in [-0.2, 0) is 0 Å². The van der Waals surface area contributed by atoms with Crippen LogP contribution in [0.5, 0.6) is 0 Å². The fourth-order valence-electron chi connectivity index (χ4n) is 1.61. The molecule has 0 radical (unpaired) electrons. The van der Waals surface area contributed by atoms with Crippen molar-refractivity contribution >= 4 is 5.69 Å². The first-order valence-corrected chi connectivity index (χ1v) is 4.89. The zero-order chi connectivity index (χ0) is 13.3. The average Bonchev–Trinajstić information content (AvgIpc) is 2.32. The smallest absolute Gasteiger partial charge is 0.258 e. The first-order chi connectivity index (χ1) is 8.50. The average molecular weight is 253 g/mol. The van der Waals surface area contributed by atoms with Crippen LogP contribution >= 0.6 is 0 Å². The molecule has 2 aromatic rings. The second kappa shape index (κ2) is 4.48. The van der Waals surface area contributed by atoms with Crippen molar-refractivity contribution in [2.75, 3.05) is 0 Å². The van der Waals surface area contributed by atoms with Gasteiger partial charge in [0, 0.05) is 6.07 Å². The molecule has 0 bridgehead atoms. The van der Waals surface area contributed by atoms with Gasteiger partial charge in [-0.3, -0.25) is 10.1 Å². The molecule has 0 heterocycles. The van der Waals surface area contributed by atoms with E-state index in [9.17, 15) is 23.3 Å². The Morgan fingerprint density at radius 2 is 1.78 bits per heavy atom. The third-order valence-electron chi connectivity index (χ3n) is 2.38. The summed E-state index contributed by atoms with van der Waals surface area (Å²) in [5.41, 5.74) is -1.25. The van der Waals surface area contributed by atoms with Gasteiger partial charge in [0.1, 0.15) is 5.82 Å². The maximum atomic E-state index is 13.6. The molecule has 92 valence electrons. The predicted molar refractivity (Wildman–Crippen MR) is 58.4 cm³/mol. The second-order valence-electron chi connectivity index (χ2n) is 3.52. The summed E-state index contributed by atoms with van der Waals surface area (Å²) in [5.74, 6) is -3.28. The summed E-state index contributed by atoms with van der Waals surface area (Å²) in [6.45, 7) is 0. The highest BCUT2D eigenvalue weighted by atomic mass is 19.2. The molecule has 0 spiro atoms. The highest BCUT2D eigenvalue weighted by molar-refractivity contribution is 5.74. The van der Waals surface area contributed by atoms with Gasteiger partial charge < -0.3 is 0 Å². The van der Waals surface area contributed by atoms with Crippen LogP contribution in [0.1, 0.15) is 0 Å². The van der Waals surface area contributed by atoms with Crippen LogP contribution < -0.4 is 0 Å². The van der Waals surface area contributed by atoms with Gasteiger partial charge in [-0.25, -0.2) is 13.2 Å². The Kier molecular flexibility index (Phi) is 3.01. The van der Waals surface area contributed by atoms with E-state index in [0.717, 1.165) is 18.2 Å². The van der Waals surface area contributed by atoms with Crippen LogP contribution in [0.25, 0.3) is 11.1 Å². The van der Waals surface area contributed by atoms with Crippen LogP contribution in [0.4, 0.5) is 18.9 Å². The van der Waals surface area contributed by atoms with Gasteiger partial charge in [0.05, 0.1) is 10.5 Å². The molecule has 0 aliphatic rings. The van der Waals surface area contributed by atoms with Crippen molar-refractivity contribution < 1.29 is 18.1 Å². The number of hydrogen-bond donors (Lipinski definition) is 0. The van der Waals surface area contributed by atoms with Gasteiger partial charge in [0.2, 0.25) is 0 Å². The molecule has 2 rings (SSSR count). The van der Waals surface area contributed by atoms with Gasteiger partial charge in [0.25, 0.3) is 5.69 Å². The fraction of sp³-hybridized carbons (Fsp3) is 0. The Morgan fingerprint density at radius 1 is 1.06 bits per heavy atom. The molecule has 0 saturated heterocycles. The summed E-state index contributed by atoms with van der Waals surface area (Å²) in [6, 6.07) is 6.05. The van der Waals surface area contributed by atoms with Crippen molar-refractivity contribution in [2.24, 2.45) is 0 Å². The molecule has 3 nitrogen and oxygen atoms in total. The van der Waals surface area contributed by atoms with E-state index in [-0.39, 0.29) is 5.56 Å². The van der Waals surface area contributed by atoms with Crippen LogP contribution in [0.2, 0.25) is 0 Å². The molecule has 0 aliphatic carbocycles. The van der Waals surface area contributed by atoms with Crippen molar-refractivity contribution in [1.82, 2.24) is 0 Å². The van der Waals surface area contributed by atoms with E-state index >= 15 is 0 Å². The Hall–Kier alpha value is -2.37. The van der Waals surface area contributed by atoms with Crippen molar-refractivity contribution in [3.63, 3.8) is 0 Å². The quantitative estimate of drug-likeness (QED) is 0.605. The zero-order valence-corrected chi connectivity index (χ0v) is 8.86. The van der Waals surface area contributed by atoms with E-state index in [4.69, 9.17) is 0 Å². The Labute approximate surface area is 99.6 Å². The zero-order valence-electron chi connectivity index (χ0n) is 8.86. The molecule has 18 heavy (non-hydrogen) atoms. The molecule has 0 unspecified atom stereocenters. The highest BCUT2D eigenvalue weighted by Crippen LogP contribution is 2.33. The minimum atomic E-state index is -1.37. The Balaban J connectivity index is 2.76. The molecule has 0 fully saturated rings. The number of halogens is 3. The maximum Gasteiger partial charge on any atom is 0.280 e. The Morgan fingerprint density at radius 3 is 2.39 bits per heavy atom. The summed E-state index contributed by atoms with van der Waals surface area (Å²) >= 11 is 0. The van der Waals surface area contributed by atoms with Gasteiger partial charge in [-0.05, 0) is 23.8 Å². The van der Waals surface area contributed by atoms with E-state index in [1.807, 2.05) is 0 Å². The summed E-state index contributed by atoms with van der Waals surface area (Å²) in [6.07, 6.45) is 0. The molecular formula is C12H6F3NO2. The summed E-state index contributed by atoms with van der Waals surface area (Å²) in [4.78, 5) is 9.92. The van der Waals surface area contributed by atoms with Gasteiger partial charge >= 0.3 is 0 Å². The SMILES string of the molecule is O=[N+]([O-])c1ccc(F)c(F)c1-c1cccc(F)c1. The number of rotatable bonds is 2. The number of nitrogens with zero attached hydrogens (tertiary/aromatic N) is 1. The molecule has 0 saturated carbocycles. The predicted octanol–water partition coefficient (Wildman–Crippen LogP) is 3.68. The maximum absolute atomic E-state index is 13.6. The minimum Gasteiger partial charge on any atom is -0.258 e. The minimum absolute atomic E-state index is 0.0845. The second-order valence-corrected chi connectivity index (χ2v) is 3.52. The normalized spacial score (nSPS) is 10.4. The van der Waals surface area contributed by atoms with E-state index in [1.54, 1.807) is 0 Å². The summed E-state index contributed by atoms with van der Waals surface area (Å²) in [7, 11) is 0. The first kappa shape index (κ1) is 12.1. The molecule has 2 aromatic carbocycles. The molecule has 0 aliphatic heterocycles. The van der Waals surface area contributed by atoms with E-state index < -0.39 is 33.6 Å². The third-order valence-corrected chi connectivity index (χ3v) is 2.38. The van der Waals surface area contributed by atoms with Crippen molar-refractivity contribution in [1.29, 1.82) is 0 Å². The van der Waals surface area contributed by atoms with Crippen molar-refractivity contribution in [3.8, 4) is 11.1 Å². The van der Waals surface area contributed by atoms with Crippen LogP contribution in [0, 0.1) is 27.6 Å². The van der Waals surface area contributed by atoms with E-state index in [0.29, 0.717) is 6.07 Å². The highest BCUT2D eigenvalue weighted by Gasteiger charge is 2.23. The van der Waals surface area contributed by atoms with Crippen molar-refractivity contribution in [3.05, 3.63) is 64.0 Å². The van der Waals surface area contributed by atoms with Gasteiger partial charge in [-0.15, -0.1) is 0 Å². The number of hydrogen-bond acceptors (Lipinski definition) is 2. The van der Waals surface area contributed by atoms with Crippen LogP contribution in [0.3, 0.4) is 0 Å². The lowest BCUT2D eigenvalue weighted by Crippen LogP contribution is -1.98. The van der Waals surface area contributed by atoms with Gasteiger partial charge in [-0.1, -0.05) is 12.1 Å². The molecule has 6 heteroatoms. The fourth-order valence-corrected chi connectivity index (χ4v) is 1.61. The largest absolute Gasteiger partial charge is 0.280 e. The van der Waals surface area contributed by atoms with E-state index in [2.05, 4.69) is 0 Å². The molecule has 0 aromatic heterocycles. The third kappa shape index (κ3) is 2.04. The number of nitro benzene ring substituents is 1. The molecule has 0 N–H and O–H groups in total. The monoisotopic (exact) mass is 253 g/mol. The standard InChI is InChI=1S/C12H6F3NO2/c13-8-3-1-2-7(6-8)11-10(16(17)18)5-4-9(14)12(11)15/h1-6H. The molecular weight excluding hydrogens is 247 g/mol. The molecule has 0 amide bonds. The first-order valence-electron chi connectivity index (χ1n) is 4.89. The van der Waals surface area contributed by atoms with E-state index in [1.165, 1.54) is 12.1 Å². The number of nitro groups is 1. The van der Waals surface area contributed by atoms with Crippen LogP contribution in [0.15, 0.2) is 36.4 Å². The van der Waals surface area contributed by atoms with Crippen molar-refractivity contribution in [2.45, 2.75) is 0 Å². The topological polar surface area (TPSA) is 43.1 Å². The van der Waals surface area contributed by atoms with Crippen LogP contribution in [-0.4, -0.2) is 4.92 Å². The number of benzene rings is 2. The van der Waals surface area contributed by atoms with Gasteiger partial charge in [0.15, 0.2) is 11.6 Å². The summed E-state index contributed by atoms with van der Waals surface area (Å²) in [5, 5.41) is 10.8. The lowest BCUT2D eigenvalue weighted by molar-refractivity contribution is -0.384. The van der Waals surface area contributed by atoms with Gasteiger partial charge in [-0.2, -0.15) is 0 Å². The lowest BCUT2D eigenvalue weighted by atomic mass is 10.0. The summed E-state index contributed by atoms with van der Waals surface area (Å²) < 4.78 is 39.8. The molecule has 0 atom stereocenters. The lowest BCUT2D eigenvalue weighted by Gasteiger charge is -2.05. The Bertz CT molecular complexity index is 629.